The van der Waals surface area contributed by atoms with E-state index in [1.807, 2.05) is 34.1 Å². The zero-order valence-corrected chi connectivity index (χ0v) is 22.0. The average molecular weight is 507 g/mol. The van der Waals surface area contributed by atoms with Crippen molar-refractivity contribution in [3.05, 3.63) is 58.3 Å². The molecular weight excluding hydrogens is 468 g/mol. The number of thiophene rings is 1. The summed E-state index contributed by atoms with van der Waals surface area (Å²) in [4.78, 5) is 33.2. The van der Waals surface area contributed by atoms with Crippen LogP contribution in [-0.2, 0) is 27.4 Å². The summed E-state index contributed by atoms with van der Waals surface area (Å²) in [5, 5.41) is 2.06. The smallest absolute Gasteiger partial charge is 0.242 e. The molecule has 1 unspecified atom stereocenters. The molecule has 7 rings (SSSR count). The van der Waals surface area contributed by atoms with Crippen LogP contribution >= 0.6 is 11.3 Å². The molecular formula is C30H38N2O3S. The number of ether oxygens (including phenoxy) is 1. The van der Waals surface area contributed by atoms with Crippen molar-refractivity contribution in [2.75, 3.05) is 19.7 Å². The van der Waals surface area contributed by atoms with Crippen molar-refractivity contribution in [1.29, 1.82) is 0 Å². The molecule has 1 aliphatic heterocycles. The Kier molecular flexibility index (Phi) is 6.91. The Morgan fingerprint density at radius 1 is 0.917 bits per heavy atom. The van der Waals surface area contributed by atoms with Gasteiger partial charge in [-0.3, -0.25) is 9.59 Å². The van der Waals surface area contributed by atoms with Gasteiger partial charge in [0.1, 0.15) is 0 Å². The van der Waals surface area contributed by atoms with Gasteiger partial charge in [-0.25, -0.2) is 0 Å². The van der Waals surface area contributed by atoms with Gasteiger partial charge in [0.25, 0.3) is 0 Å². The molecule has 2 amide bonds. The van der Waals surface area contributed by atoms with Crippen LogP contribution in [0, 0.1) is 23.2 Å². The molecule has 0 N–H and O–H groups in total. The van der Waals surface area contributed by atoms with Gasteiger partial charge < -0.3 is 14.5 Å². The summed E-state index contributed by atoms with van der Waals surface area (Å²) in [6.45, 7) is 2.58. The van der Waals surface area contributed by atoms with Crippen molar-refractivity contribution in [2.24, 2.45) is 23.2 Å². The highest BCUT2D eigenvalue weighted by molar-refractivity contribution is 7.09. The quantitative estimate of drug-likeness (QED) is 0.451. The third-order valence-corrected chi connectivity index (χ3v) is 9.91. The first-order valence-electron chi connectivity index (χ1n) is 13.8. The monoisotopic (exact) mass is 506 g/mol. The largest absolute Gasteiger partial charge is 0.376 e. The second kappa shape index (κ2) is 10.3. The molecule has 4 bridgehead atoms. The number of benzene rings is 1. The van der Waals surface area contributed by atoms with E-state index in [1.54, 1.807) is 11.3 Å². The summed E-state index contributed by atoms with van der Waals surface area (Å²) in [7, 11) is 0. The van der Waals surface area contributed by atoms with Gasteiger partial charge in [-0.2, -0.15) is 0 Å². The van der Waals surface area contributed by atoms with Crippen molar-refractivity contribution < 1.29 is 14.3 Å². The number of nitrogens with zero attached hydrogens (tertiary/aromatic N) is 2. The van der Waals surface area contributed by atoms with E-state index in [4.69, 9.17) is 4.74 Å². The van der Waals surface area contributed by atoms with Gasteiger partial charge in [-0.05, 0) is 86.1 Å². The number of carbonyl (C=O) groups excluding carboxylic acids is 2. The van der Waals surface area contributed by atoms with E-state index in [0.717, 1.165) is 49.2 Å². The first-order chi connectivity index (χ1) is 17.6. The summed E-state index contributed by atoms with van der Waals surface area (Å²) in [5.41, 5.74) is 0.867. The van der Waals surface area contributed by atoms with Gasteiger partial charge in [0.05, 0.1) is 24.6 Å². The minimum absolute atomic E-state index is 0.0309. The minimum Gasteiger partial charge on any atom is -0.376 e. The number of rotatable bonds is 9. The standard InChI is InChI=1S/C30H38N2O3S/c33-28(31(20-27-9-5-11-36-27)18-22-6-2-1-3-7-22)21-32(19-26-8-4-10-35-26)29(34)30-15-23-12-24(16-30)14-25(13-23)17-30/h1-3,5-7,9,11,23-26H,4,8,10,12-21H2. The molecule has 192 valence electrons. The molecule has 5 aliphatic rings. The predicted octanol–water partition coefficient (Wildman–Crippen LogP) is 5.50. The number of hydrogen-bond donors (Lipinski definition) is 0. The van der Waals surface area contributed by atoms with Crippen LogP contribution in [-0.4, -0.2) is 47.4 Å². The zero-order chi connectivity index (χ0) is 24.5. The molecule has 4 aliphatic carbocycles. The van der Waals surface area contributed by atoms with Crippen molar-refractivity contribution in [2.45, 2.75) is 70.6 Å². The van der Waals surface area contributed by atoms with E-state index in [0.29, 0.717) is 37.4 Å². The van der Waals surface area contributed by atoms with Gasteiger partial charge in [-0.1, -0.05) is 36.4 Å². The summed E-state index contributed by atoms with van der Waals surface area (Å²) < 4.78 is 5.96. The fraction of sp³-hybridized carbons (Fsp3) is 0.600. The Balaban J connectivity index is 1.23. The topological polar surface area (TPSA) is 49.9 Å². The lowest BCUT2D eigenvalue weighted by Gasteiger charge is -2.56. The number of hydrogen-bond acceptors (Lipinski definition) is 4. The maximum absolute atomic E-state index is 14.3. The normalized spacial score (nSPS) is 30.4. The number of carbonyl (C=O) groups is 2. The van der Waals surface area contributed by atoms with Crippen LogP contribution in [0.4, 0.5) is 0 Å². The van der Waals surface area contributed by atoms with Gasteiger partial charge in [0.2, 0.25) is 11.8 Å². The van der Waals surface area contributed by atoms with Crippen molar-refractivity contribution in [3.8, 4) is 0 Å². The van der Waals surface area contributed by atoms with E-state index >= 15 is 0 Å². The molecule has 5 nitrogen and oxygen atoms in total. The maximum atomic E-state index is 14.3. The van der Waals surface area contributed by atoms with Crippen molar-refractivity contribution >= 4 is 23.2 Å². The van der Waals surface area contributed by atoms with Gasteiger partial charge in [0, 0.05) is 24.6 Å². The van der Waals surface area contributed by atoms with Gasteiger partial charge in [-0.15, -0.1) is 11.3 Å². The fourth-order valence-corrected chi connectivity index (χ4v) is 8.57. The maximum Gasteiger partial charge on any atom is 0.242 e. The van der Waals surface area contributed by atoms with Crippen LogP contribution in [0.15, 0.2) is 47.8 Å². The van der Waals surface area contributed by atoms with Gasteiger partial charge >= 0.3 is 0 Å². The Hall–Kier alpha value is -2.18. The van der Waals surface area contributed by atoms with E-state index in [1.165, 1.54) is 19.3 Å². The Bertz CT molecular complexity index is 1010. The fourth-order valence-electron chi connectivity index (χ4n) is 7.85. The highest BCUT2D eigenvalue weighted by Gasteiger charge is 2.55. The molecule has 5 fully saturated rings. The molecule has 36 heavy (non-hydrogen) atoms. The molecule has 1 aromatic carbocycles. The molecule has 1 atom stereocenters. The highest BCUT2D eigenvalue weighted by atomic mass is 32.1. The predicted molar refractivity (Wildman–Crippen MR) is 141 cm³/mol. The third kappa shape index (κ3) is 5.12. The summed E-state index contributed by atoms with van der Waals surface area (Å²) in [6.07, 6.45) is 9.06. The summed E-state index contributed by atoms with van der Waals surface area (Å²) in [6, 6.07) is 14.3. The molecule has 0 radical (unpaired) electrons. The Morgan fingerprint density at radius 3 is 2.25 bits per heavy atom. The molecule has 2 heterocycles. The lowest BCUT2D eigenvalue weighted by atomic mass is 9.49. The first kappa shape index (κ1) is 24.2. The second-order valence-corrected chi connectivity index (χ2v) is 12.9. The lowest BCUT2D eigenvalue weighted by molar-refractivity contribution is -0.162. The molecule has 0 spiro atoms. The highest BCUT2D eigenvalue weighted by Crippen LogP contribution is 2.60. The van der Waals surface area contributed by atoms with E-state index in [-0.39, 0.29) is 29.9 Å². The van der Waals surface area contributed by atoms with Crippen LogP contribution in [0.1, 0.15) is 61.8 Å². The molecule has 1 aromatic heterocycles. The summed E-state index contributed by atoms with van der Waals surface area (Å²) >= 11 is 1.67. The minimum atomic E-state index is -0.244. The van der Waals surface area contributed by atoms with Crippen LogP contribution in [0.5, 0.6) is 0 Å². The van der Waals surface area contributed by atoms with E-state index < -0.39 is 0 Å². The zero-order valence-electron chi connectivity index (χ0n) is 21.1. The Morgan fingerprint density at radius 2 is 1.64 bits per heavy atom. The van der Waals surface area contributed by atoms with Crippen LogP contribution in [0.2, 0.25) is 0 Å². The molecule has 6 heteroatoms. The van der Waals surface area contributed by atoms with Crippen LogP contribution < -0.4 is 0 Å². The molecule has 1 saturated heterocycles. The third-order valence-electron chi connectivity index (χ3n) is 9.05. The van der Waals surface area contributed by atoms with Crippen molar-refractivity contribution in [3.63, 3.8) is 0 Å². The Labute approximate surface area is 218 Å². The lowest BCUT2D eigenvalue weighted by Crippen LogP contribution is -2.57. The first-order valence-corrected chi connectivity index (χ1v) is 14.7. The van der Waals surface area contributed by atoms with Crippen LogP contribution in [0.25, 0.3) is 0 Å². The number of amides is 2. The second-order valence-electron chi connectivity index (χ2n) is 11.8. The van der Waals surface area contributed by atoms with E-state index in [2.05, 4.69) is 23.6 Å². The van der Waals surface area contributed by atoms with Crippen molar-refractivity contribution in [1.82, 2.24) is 9.80 Å². The van der Waals surface area contributed by atoms with Gasteiger partial charge in [0.15, 0.2) is 0 Å². The molecule has 2 aromatic rings. The summed E-state index contributed by atoms with van der Waals surface area (Å²) in [5.74, 6) is 2.38. The SMILES string of the molecule is O=C(CN(CC1CCCO1)C(=O)C12CC3CC(CC(C3)C1)C2)N(Cc1ccccc1)Cc1cccs1. The van der Waals surface area contributed by atoms with Crippen LogP contribution in [0.3, 0.4) is 0 Å². The van der Waals surface area contributed by atoms with E-state index in [9.17, 15) is 9.59 Å². The molecule has 4 saturated carbocycles. The average Bonchev–Trinajstić information content (AvgIpc) is 3.57.